The minimum Gasteiger partial charge on any atom is -0.502 e. The predicted octanol–water partition coefficient (Wildman–Crippen LogP) is 0.708. The van der Waals surface area contributed by atoms with Crippen LogP contribution in [0.1, 0.15) is 13.8 Å². The summed E-state index contributed by atoms with van der Waals surface area (Å²) in [6.07, 6.45) is 1.43. The van der Waals surface area contributed by atoms with Gasteiger partial charge in [0.15, 0.2) is 0 Å². The van der Waals surface area contributed by atoms with Crippen LogP contribution in [0.25, 0.3) is 0 Å². The summed E-state index contributed by atoms with van der Waals surface area (Å²) in [6, 6.07) is 0. The average molecular weight is 176 g/mol. The SMILES string of the molecule is C=COCC.CCOC(=O)CO. The molecule has 0 aliphatic carbocycles. The molecule has 0 atom stereocenters. The maximum atomic E-state index is 9.94. The van der Waals surface area contributed by atoms with Gasteiger partial charge in [-0.15, -0.1) is 0 Å². The van der Waals surface area contributed by atoms with Gasteiger partial charge in [0, 0.05) is 0 Å². The fraction of sp³-hybridized carbons (Fsp3) is 0.625. The van der Waals surface area contributed by atoms with Gasteiger partial charge in [-0.2, -0.15) is 0 Å². The van der Waals surface area contributed by atoms with Crippen molar-refractivity contribution >= 4 is 5.97 Å². The Balaban J connectivity index is 0. The molecule has 4 heteroatoms. The molecule has 0 saturated heterocycles. The van der Waals surface area contributed by atoms with E-state index in [2.05, 4.69) is 16.1 Å². The molecule has 0 fully saturated rings. The van der Waals surface area contributed by atoms with E-state index in [0.29, 0.717) is 6.61 Å². The second-order valence-electron chi connectivity index (χ2n) is 1.59. The van der Waals surface area contributed by atoms with Crippen molar-refractivity contribution in [3.63, 3.8) is 0 Å². The lowest BCUT2D eigenvalue weighted by Crippen LogP contribution is -2.07. The van der Waals surface area contributed by atoms with Crippen LogP contribution in [0, 0.1) is 0 Å². The van der Waals surface area contributed by atoms with Crippen molar-refractivity contribution < 1.29 is 19.4 Å². The standard InChI is InChI=1S/C4H8O3.C4H8O/c1-2-7-4(6)3-5;1-3-5-4-2/h5H,2-3H2,1H3;3H,1,4H2,2H3. The molecule has 4 nitrogen and oxygen atoms in total. The van der Waals surface area contributed by atoms with Gasteiger partial charge in [0.05, 0.1) is 19.5 Å². The van der Waals surface area contributed by atoms with Gasteiger partial charge in [0.1, 0.15) is 6.61 Å². The normalized spacial score (nSPS) is 7.58. The number of hydrogen-bond donors (Lipinski definition) is 1. The lowest BCUT2D eigenvalue weighted by atomic mass is 10.7. The molecule has 0 aromatic heterocycles. The zero-order chi connectivity index (χ0) is 9.82. The number of ether oxygens (including phenoxy) is 2. The Morgan fingerprint density at radius 1 is 1.50 bits per heavy atom. The summed E-state index contributed by atoms with van der Waals surface area (Å²) in [5.74, 6) is -0.567. The second-order valence-corrected chi connectivity index (χ2v) is 1.59. The molecule has 0 radical (unpaired) electrons. The fourth-order valence-electron chi connectivity index (χ4n) is 0.324. The molecule has 0 amide bonds. The third-order valence-electron chi connectivity index (χ3n) is 0.719. The largest absolute Gasteiger partial charge is 0.502 e. The highest BCUT2D eigenvalue weighted by Gasteiger charge is 1.92. The second kappa shape index (κ2) is 12.6. The van der Waals surface area contributed by atoms with E-state index in [0.717, 1.165) is 6.61 Å². The summed E-state index contributed by atoms with van der Waals surface area (Å²) >= 11 is 0. The quantitative estimate of drug-likeness (QED) is 0.506. The van der Waals surface area contributed by atoms with Gasteiger partial charge in [-0.05, 0) is 13.8 Å². The molecule has 0 aliphatic rings. The van der Waals surface area contributed by atoms with Crippen molar-refractivity contribution in [1.29, 1.82) is 0 Å². The first-order chi connectivity index (χ1) is 5.72. The Morgan fingerprint density at radius 3 is 2.17 bits per heavy atom. The van der Waals surface area contributed by atoms with Crippen molar-refractivity contribution in [2.45, 2.75) is 13.8 Å². The number of aliphatic hydroxyl groups is 1. The van der Waals surface area contributed by atoms with Gasteiger partial charge >= 0.3 is 5.97 Å². The van der Waals surface area contributed by atoms with Gasteiger partial charge in [-0.1, -0.05) is 6.58 Å². The minimum atomic E-state index is -0.567. The van der Waals surface area contributed by atoms with Crippen molar-refractivity contribution in [2.24, 2.45) is 0 Å². The van der Waals surface area contributed by atoms with E-state index in [1.54, 1.807) is 6.92 Å². The van der Waals surface area contributed by atoms with Crippen LogP contribution in [0.5, 0.6) is 0 Å². The van der Waals surface area contributed by atoms with Crippen molar-refractivity contribution in [1.82, 2.24) is 0 Å². The van der Waals surface area contributed by atoms with Crippen molar-refractivity contribution in [3.05, 3.63) is 12.8 Å². The maximum absolute atomic E-state index is 9.94. The highest BCUT2D eigenvalue weighted by Crippen LogP contribution is 1.71. The summed E-state index contributed by atoms with van der Waals surface area (Å²) < 4.78 is 8.90. The molecule has 0 unspecified atom stereocenters. The molecule has 72 valence electrons. The number of hydrogen-bond acceptors (Lipinski definition) is 4. The summed E-state index contributed by atoms with van der Waals surface area (Å²) in [7, 11) is 0. The molecule has 1 N–H and O–H groups in total. The number of rotatable bonds is 4. The fourth-order valence-corrected chi connectivity index (χ4v) is 0.324. The molecule has 0 heterocycles. The number of carbonyl (C=O) groups is 1. The number of carbonyl (C=O) groups excluding carboxylic acids is 1. The minimum absolute atomic E-state index is 0.333. The predicted molar refractivity (Wildman–Crippen MR) is 45.5 cm³/mol. The van der Waals surface area contributed by atoms with Crippen LogP contribution >= 0.6 is 0 Å². The lowest BCUT2D eigenvalue weighted by molar-refractivity contribution is -0.146. The van der Waals surface area contributed by atoms with Crippen LogP contribution in [0.4, 0.5) is 0 Å². The van der Waals surface area contributed by atoms with Crippen LogP contribution in [0.15, 0.2) is 12.8 Å². The molecule has 0 aromatic rings. The van der Waals surface area contributed by atoms with Crippen molar-refractivity contribution in [3.8, 4) is 0 Å². The van der Waals surface area contributed by atoms with Crippen LogP contribution < -0.4 is 0 Å². The molecule has 0 bridgehead atoms. The zero-order valence-electron chi connectivity index (χ0n) is 7.58. The summed E-state index contributed by atoms with van der Waals surface area (Å²) in [5, 5.41) is 7.99. The van der Waals surface area contributed by atoms with Gasteiger partial charge in [-0.25, -0.2) is 4.79 Å². The zero-order valence-corrected chi connectivity index (χ0v) is 7.58. The van der Waals surface area contributed by atoms with E-state index in [-0.39, 0.29) is 0 Å². The van der Waals surface area contributed by atoms with Gasteiger partial charge in [0.25, 0.3) is 0 Å². The molecule has 0 saturated carbocycles. The van der Waals surface area contributed by atoms with Crippen LogP contribution in [-0.4, -0.2) is 30.9 Å². The lowest BCUT2D eigenvalue weighted by Gasteiger charge is -1.93. The van der Waals surface area contributed by atoms with Gasteiger partial charge in [0.2, 0.25) is 0 Å². The Kier molecular flexibility index (Phi) is 14.3. The van der Waals surface area contributed by atoms with Crippen LogP contribution in [0.2, 0.25) is 0 Å². The maximum Gasteiger partial charge on any atom is 0.331 e. The average Bonchev–Trinajstić information content (AvgIpc) is 2.07. The molecule has 0 aromatic carbocycles. The molecule has 0 aliphatic heterocycles. The first-order valence-electron chi connectivity index (χ1n) is 3.71. The number of aliphatic hydroxyl groups excluding tert-OH is 1. The molecule has 0 spiro atoms. The monoisotopic (exact) mass is 176 g/mol. The van der Waals surface area contributed by atoms with Crippen LogP contribution in [0.3, 0.4) is 0 Å². The highest BCUT2D eigenvalue weighted by molar-refractivity contribution is 5.70. The summed E-state index contributed by atoms with van der Waals surface area (Å²) in [5.41, 5.74) is 0. The molecular weight excluding hydrogens is 160 g/mol. The van der Waals surface area contributed by atoms with Crippen LogP contribution in [-0.2, 0) is 14.3 Å². The molecule has 0 rings (SSSR count). The molecular formula is C8H16O4. The first kappa shape index (κ1) is 13.6. The Bertz CT molecular complexity index is 112. The highest BCUT2D eigenvalue weighted by atomic mass is 16.5. The number of esters is 1. The Morgan fingerprint density at radius 2 is 2.08 bits per heavy atom. The van der Waals surface area contributed by atoms with E-state index in [4.69, 9.17) is 5.11 Å². The summed E-state index contributed by atoms with van der Waals surface area (Å²) in [6.45, 7) is 7.47. The smallest absolute Gasteiger partial charge is 0.331 e. The Labute approximate surface area is 72.8 Å². The van der Waals surface area contributed by atoms with E-state index in [9.17, 15) is 4.79 Å². The molecule has 12 heavy (non-hydrogen) atoms. The summed E-state index contributed by atoms with van der Waals surface area (Å²) in [4.78, 5) is 9.94. The van der Waals surface area contributed by atoms with Crippen molar-refractivity contribution in [2.75, 3.05) is 19.8 Å². The third kappa shape index (κ3) is 16.0. The first-order valence-corrected chi connectivity index (χ1v) is 3.71. The van der Waals surface area contributed by atoms with Gasteiger partial charge < -0.3 is 14.6 Å². The third-order valence-corrected chi connectivity index (χ3v) is 0.719. The van der Waals surface area contributed by atoms with E-state index >= 15 is 0 Å². The van der Waals surface area contributed by atoms with Gasteiger partial charge in [-0.3, -0.25) is 0 Å². The van der Waals surface area contributed by atoms with E-state index in [1.807, 2.05) is 6.92 Å². The topological polar surface area (TPSA) is 55.8 Å². The van der Waals surface area contributed by atoms with E-state index in [1.165, 1.54) is 6.26 Å². The van der Waals surface area contributed by atoms with E-state index < -0.39 is 12.6 Å². The Hall–Kier alpha value is -1.03.